The van der Waals surface area contributed by atoms with E-state index in [-0.39, 0.29) is 0 Å². The molecule has 0 N–H and O–H groups in total. The maximum Gasteiger partial charge on any atom is 0.0433 e. The SMILES string of the molecule is c1cc(-c2ccc3c(c2)sc2c4ccccc4ccc32)cc(-c2c3ccccc3c(-c3cccc(-c4cccc5ccccc45)c3)c3ccccc23)c1. The summed E-state index contributed by atoms with van der Waals surface area (Å²) in [5.41, 5.74) is 9.97. The van der Waals surface area contributed by atoms with E-state index in [1.165, 1.54) is 108 Å². The first-order chi connectivity index (χ1) is 26.3. The Morgan fingerprint density at radius 1 is 0.264 bits per heavy atom. The lowest BCUT2D eigenvalue weighted by Crippen LogP contribution is -1.91. The van der Waals surface area contributed by atoms with Crippen molar-refractivity contribution in [2.24, 2.45) is 0 Å². The molecule has 0 saturated heterocycles. The maximum absolute atomic E-state index is 2.39. The minimum Gasteiger partial charge on any atom is -0.135 e. The monoisotopic (exact) mass is 688 g/mol. The lowest BCUT2D eigenvalue weighted by Gasteiger charge is -2.19. The molecule has 0 aliphatic rings. The van der Waals surface area contributed by atoms with Crippen molar-refractivity contribution in [3.05, 3.63) is 194 Å². The van der Waals surface area contributed by atoms with Crippen LogP contribution in [0.1, 0.15) is 0 Å². The number of fused-ring (bicyclic) bond motifs is 8. The molecule has 53 heavy (non-hydrogen) atoms. The molecule has 0 bridgehead atoms. The molecule has 0 aliphatic carbocycles. The Kier molecular flexibility index (Phi) is 6.83. The normalized spacial score (nSPS) is 11.8. The van der Waals surface area contributed by atoms with Crippen LogP contribution < -0.4 is 0 Å². The minimum atomic E-state index is 1.23. The molecule has 1 aromatic heterocycles. The summed E-state index contributed by atoms with van der Waals surface area (Å²) in [4.78, 5) is 0. The van der Waals surface area contributed by atoms with Crippen LogP contribution in [0, 0.1) is 0 Å². The largest absolute Gasteiger partial charge is 0.135 e. The van der Waals surface area contributed by atoms with Gasteiger partial charge in [0.2, 0.25) is 0 Å². The van der Waals surface area contributed by atoms with E-state index in [0.717, 1.165) is 0 Å². The summed E-state index contributed by atoms with van der Waals surface area (Å²) in [6, 6.07) is 71.7. The van der Waals surface area contributed by atoms with E-state index >= 15 is 0 Å². The van der Waals surface area contributed by atoms with Gasteiger partial charge in [-0.2, -0.15) is 0 Å². The first-order valence-electron chi connectivity index (χ1n) is 18.3. The van der Waals surface area contributed by atoms with Gasteiger partial charge in [-0.25, -0.2) is 0 Å². The first-order valence-corrected chi connectivity index (χ1v) is 19.1. The van der Waals surface area contributed by atoms with Gasteiger partial charge in [0.25, 0.3) is 0 Å². The zero-order chi connectivity index (χ0) is 34.9. The van der Waals surface area contributed by atoms with Crippen LogP contribution in [0.4, 0.5) is 0 Å². The van der Waals surface area contributed by atoms with E-state index in [4.69, 9.17) is 0 Å². The van der Waals surface area contributed by atoms with Gasteiger partial charge >= 0.3 is 0 Å². The maximum atomic E-state index is 2.39. The quantitative estimate of drug-likeness (QED) is 0.162. The summed E-state index contributed by atoms with van der Waals surface area (Å²) < 4.78 is 2.69. The van der Waals surface area contributed by atoms with E-state index in [1.807, 2.05) is 11.3 Å². The topological polar surface area (TPSA) is 0 Å². The van der Waals surface area contributed by atoms with Crippen LogP contribution in [0.2, 0.25) is 0 Å². The number of rotatable bonds is 4. The zero-order valence-electron chi connectivity index (χ0n) is 28.9. The molecule has 11 aromatic rings. The van der Waals surface area contributed by atoms with E-state index in [1.54, 1.807) is 0 Å². The Hall–Kier alpha value is -6.54. The second-order valence-corrected chi connectivity index (χ2v) is 15.1. The Morgan fingerprint density at radius 2 is 0.736 bits per heavy atom. The third kappa shape index (κ3) is 4.82. The zero-order valence-corrected chi connectivity index (χ0v) is 29.7. The molecule has 0 aliphatic heterocycles. The average molecular weight is 689 g/mol. The minimum absolute atomic E-state index is 1.23. The molecule has 0 spiro atoms. The summed E-state index contributed by atoms with van der Waals surface area (Å²) in [6.45, 7) is 0. The highest BCUT2D eigenvalue weighted by molar-refractivity contribution is 7.26. The number of hydrogen-bond donors (Lipinski definition) is 0. The second kappa shape index (κ2) is 12.0. The van der Waals surface area contributed by atoms with Crippen LogP contribution in [0.5, 0.6) is 0 Å². The summed E-state index contributed by atoms with van der Waals surface area (Å²) in [5, 5.41) is 12.9. The molecule has 246 valence electrons. The number of benzene rings is 10. The summed E-state index contributed by atoms with van der Waals surface area (Å²) in [7, 11) is 0. The Labute approximate surface area is 311 Å². The van der Waals surface area contributed by atoms with Gasteiger partial charge in [-0.1, -0.05) is 176 Å². The molecule has 0 fully saturated rings. The van der Waals surface area contributed by atoms with Crippen LogP contribution in [-0.2, 0) is 0 Å². The van der Waals surface area contributed by atoms with Gasteiger partial charge in [-0.05, 0) is 106 Å². The van der Waals surface area contributed by atoms with Crippen molar-refractivity contribution >= 4 is 74.6 Å². The fourth-order valence-electron chi connectivity index (χ4n) is 8.61. The predicted molar refractivity (Wildman–Crippen MR) is 231 cm³/mol. The van der Waals surface area contributed by atoms with Gasteiger partial charge in [0.15, 0.2) is 0 Å². The van der Waals surface area contributed by atoms with Gasteiger partial charge in [-0.15, -0.1) is 11.3 Å². The number of thiophene rings is 1. The molecule has 0 nitrogen and oxygen atoms in total. The Bertz CT molecular complexity index is 3170. The Morgan fingerprint density at radius 3 is 1.42 bits per heavy atom. The molecule has 0 amide bonds. The van der Waals surface area contributed by atoms with Gasteiger partial charge in [0.1, 0.15) is 0 Å². The first kappa shape index (κ1) is 30.1. The second-order valence-electron chi connectivity index (χ2n) is 14.0. The van der Waals surface area contributed by atoms with Crippen molar-refractivity contribution in [3.63, 3.8) is 0 Å². The highest BCUT2D eigenvalue weighted by Crippen LogP contribution is 2.46. The summed E-state index contributed by atoms with van der Waals surface area (Å²) in [5.74, 6) is 0. The standard InChI is InChI=1S/C52H32S/c1-3-19-40-33(12-1)14-11-25-41(40)37-16-10-18-39(31-37)51-46-23-7-5-21-44(46)50(45-22-6-8-24-47(45)51)38-17-9-15-35(30-38)36-27-28-43-48-29-26-34-13-2-4-20-42(34)52(48)53-49(43)32-36/h1-32H. The molecule has 0 saturated carbocycles. The van der Waals surface area contributed by atoms with Crippen LogP contribution in [0.25, 0.3) is 108 Å². The summed E-state index contributed by atoms with van der Waals surface area (Å²) in [6.07, 6.45) is 0. The third-order valence-electron chi connectivity index (χ3n) is 11.0. The third-order valence-corrected chi connectivity index (χ3v) is 12.2. The molecular weight excluding hydrogens is 657 g/mol. The van der Waals surface area contributed by atoms with Gasteiger partial charge < -0.3 is 0 Å². The number of hydrogen-bond acceptors (Lipinski definition) is 1. The van der Waals surface area contributed by atoms with E-state index < -0.39 is 0 Å². The van der Waals surface area contributed by atoms with Crippen molar-refractivity contribution in [1.29, 1.82) is 0 Å². The van der Waals surface area contributed by atoms with Crippen molar-refractivity contribution in [2.45, 2.75) is 0 Å². The molecular formula is C52H32S. The van der Waals surface area contributed by atoms with E-state index in [0.29, 0.717) is 0 Å². The smallest absolute Gasteiger partial charge is 0.0433 e. The summed E-state index contributed by atoms with van der Waals surface area (Å²) >= 11 is 1.90. The van der Waals surface area contributed by atoms with Crippen molar-refractivity contribution in [2.75, 3.05) is 0 Å². The molecule has 0 unspecified atom stereocenters. The fraction of sp³-hybridized carbons (Fsp3) is 0. The highest BCUT2D eigenvalue weighted by atomic mass is 32.1. The fourth-order valence-corrected chi connectivity index (χ4v) is 9.89. The Balaban J connectivity index is 1.08. The van der Waals surface area contributed by atoms with Crippen LogP contribution >= 0.6 is 11.3 Å². The van der Waals surface area contributed by atoms with E-state index in [9.17, 15) is 0 Å². The predicted octanol–water partition coefficient (Wildman–Crippen LogP) is 15.3. The van der Waals surface area contributed by atoms with Crippen molar-refractivity contribution in [1.82, 2.24) is 0 Å². The lowest BCUT2D eigenvalue weighted by atomic mass is 9.85. The average Bonchev–Trinajstić information content (AvgIpc) is 3.61. The van der Waals surface area contributed by atoms with Crippen LogP contribution in [0.15, 0.2) is 194 Å². The van der Waals surface area contributed by atoms with Crippen LogP contribution in [0.3, 0.4) is 0 Å². The lowest BCUT2D eigenvalue weighted by molar-refractivity contribution is 1.62. The molecule has 1 heteroatoms. The van der Waals surface area contributed by atoms with Crippen molar-refractivity contribution < 1.29 is 0 Å². The molecule has 0 atom stereocenters. The molecule has 11 rings (SSSR count). The van der Waals surface area contributed by atoms with Gasteiger partial charge in [-0.3, -0.25) is 0 Å². The van der Waals surface area contributed by atoms with Gasteiger partial charge in [0.05, 0.1) is 0 Å². The van der Waals surface area contributed by atoms with Crippen LogP contribution in [-0.4, -0.2) is 0 Å². The molecule has 1 heterocycles. The molecule has 0 radical (unpaired) electrons. The van der Waals surface area contributed by atoms with E-state index in [2.05, 4.69) is 194 Å². The van der Waals surface area contributed by atoms with Crippen molar-refractivity contribution in [3.8, 4) is 44.5 Å². The highest BCUT2D eigenvalue weighted by Gasteiger charge is 2.18. The molecule has 10 aromatic carbocycles. The van der Waals surface area contributed by atoms with Gasteiger partial charge in [0, 0.05) is 20.2 Å².